The van der Waals surface area contributed by atoms with E-state index >= 15 is 0 Å². The van der Waals surface area contributed by atoms with Gasteiger partial charge in [-0.15, -0.1) is 0 Å². The molecule has 0 N–H and O–H groups in total. The molecule has 0 saturated heterocycles. The Morgan fingerprint density at radius 3 is 2.75 bits per heavy atom. The van der Waals surface area contributed by atoms with Gasteiger partial charge in [-0.3, -0.25) is 0 Å². The van der Waals surface area contributed by atoms with Crippen LogP contribution in [0.5, 0.6) is 0 Å². The maximum absolute atomic E-state index is 12.4. The Hall–Kier alpha value is -1.67. The lowest BCUT2D eigenvalue weighted by atomic mass is 9.92. The molecule has 0 bridgehead atoms. The first-order valence-corrected chi connectivity index (χ1v) is 6.88. The number of hydrogen-bond donors (Lipinski definition) is 0. The van der Waals surface area contributed by atoms with Crippen LogP contribution in [0.4, 0.5) is 8.78 Å². The number of rotatable bonds is 3. The molecule has 0 amide bonds. The van der Waals surface area contributed by atoms with Gasteiger partial charge in [-0.05, 0) is 38.7 Å². The van der Waals surface area contributed by atoms with Crippen LogP contribution >= 0.6 is 0 Å². The molecule has 106 valence electrons. The van der Waals surface area contributed by atoms with Crippen molar-refractivity contribution in [2.45, 2.75) is 51.4 Å². The second kappa shape index (κ2) is 5.02. The van der Waals surface area contributed by atoms with Crippen molar-refractivity contribution >= 4 is 12.2 Å². The number of alkyl halides is 2. The first kappa shape index (κ1) is 13.3. The second-order valence-corrected chi connectivity index (χ2v) is 5.37. The van der Waals surface area contributed by atoms with Crippen LogP contribution in [0.3, 0.4) is 0 Å². The summed E-state index contributed by atoms with van der Waals surface area (Å²) in [5.41, 5.74) is 1.60. The number of halogens is 2. The van der Waals surface area contributed by atoms with Crippen LogP contribution in [-0.2, 0) is 4.74 Å². The molecule has 1 fully saturated rings. The van der Waals surface area contributed by atoms with E-state index < -0.39 is 12.7 Å². The quantitative estimate of drug-likeness (QED) is 0.847. The smallest absolute Gasteiger partial charge is 0.341 e. The summed E-state index contributed by atoms with van der Waals surface area (Å²) in [4.78, 5) is 0. The highest BCUT2D eigenvalue weighted by Gasteiger charge is 2.26. The first-order chi connectivity index (χ1) is 9.61. The number of aromatic nitrogens is 1. The molecule has 1 aromatic rings. The summed E-state index contributed by atoms with van der Waals surface area (Å²) < 4.78 is 31.5. The van der Waals surface area contributed by atoms with Gasteiger partial charge in [0.25, 0.3) is 0 Å². The Morgan fingerprint density at radius 2 is 2.20 bits per heavy atom. The van der Waals surface area contributed by atoms with Gasteiger partial charge in [-0.2, -0.15) is 14.0 Å². The van der Waals surface area contributed by atoms with Crippen LogP contribution in [0, 0.1) is 18.3 Å². The van der Waals surface area contributed by atoms with Gasteiger partial charge in [0.1, 0.15) is 6.07 Å². The summed E-state index contributed by atoms with van der Waals surface area (Å²) in [5.74, 6) is 0. The van der Waals surface area contributed by atoms with E-state index in [1.165, 1.54) is 6.42 Å². The highest BCUT2D eigenvalue weighted by Crippen LogP contribution is 2.31. The van der Waals surface area contributed by atoms with Crippen LogP contribution in [-0.4, -0.2) is 17.3 Å². The maximum Gasteiger partial charge on any atom is 0.345 e. The summed E-state index contributed by atoms with van der Waals surface area (Å²) >= 11 is 0. The van der Waals surface area contributed by atoms with Gasteiger partial charge in [-0.25, -0.2) is 0 Å². The SMILES string of the molecule is Cc1c(C#N)c2c(n1C1CCC1)=CC(OC(F)F)CC=2. The number of nitriles is 1. The molecule has 1 heterocycles. The molecule has 1 unspecified atom stereocenters. The standard InChI is InChI=1S/C15H16F2N2O/c1-9-13(8-18)12-6-5-11(20-15(16)17)7-14(12)19(9)10-3-2-4-10/h6-7,10-11,15H,2-5H2,1H3. The van der Waals surface area contributed by atoms with E-state index in [9.17, 15) is 14.0 Å². The molecule has 1 aromatic heterocycles. The predicted molar refractivity (Wildman–Crippen MR) is 70.4 cm³/mol. The fourth-order valence-electron chi connectivity index (χ4n) is 3.09. The zero-order valence-corrected chi connectivity index (χ0v) is 11.3. The lowest BCUT2D eigenvalue weighted by Gasteiger charge is -2.29. The number of ether oxygens (including phenoxy) is 1. The number of nitrogens with zero attached hydrogens (tertiary/aromatic N) is 2. The molecule has 2 aliphatic rings. The fraction of sp³-hybridized carbons (Fsp3) is 0.533. The molecule has 0 aliphatic heterocycles. The average molecular weight is 278 g/mol. The Kier molecular flexibility index (Phi) is 3.35. The Balaban J connectivity index is 2.13. The summed E-state index contributed by atoms with van der Waals surface area (Å²) in [6, 6.07) is 2.63. The largest absolute Gasteiger partial charge is 0.345 e. The van der Waals surface area contributed by atoms with Crippen molar-refractivity contribution < 1.29 is 13.5 Å². The predicted octanol–water partition coefficient (Wildman–Crippen LogP) is 1.97. The minimum Gasteiger partial charge on any atom is -0.341 e. The zero-order valence-electron chi connectivity index (χ0n) is 11.3. The van der Waals surface area contributed by atoms with Crippen LogP contribution in [0.25, 0.3) is 12.2 Å². The van der Waals surface area contributed by atoms with Gasteiger partial charge in [0.05, 0.1) is 11.7 Å². The highest BCUT2D eigenvalue weighted by atomic mass is 19.3. The molecule has 3 nitrogen and oxygen atoms in total. The number of fused-ring (bicyclic) bond motifs is 1. The molecule has 0 spiro atoms. The van der Waals surface area contributed by atoms with Crippen molar-refractivity contribution in [3.63, 3.8) is 0 Å². The molecular formula is C15H16F2N2O. The first-order valence-electron chi connectivity index (χ1n) is 6.88. The third-order valence-electron chi connectivity index (χ3n) is 4.26. The summed E-state index contributed by atoms with van der Waals surface area (Å²) in [5, 5.41) is 11.1. The average Bonchev–Trinajstić information content (AvgIpc) is 2.60. The van der Waals surface area contributed by atoms with Crippen molar-refractivity contribution in [1.29, 1.82) is 5.26 Å². The molecule has 5 heteroatoms. The topological polar surface area (TPSA) is 38.0 Å². The third kappa shape index (κ3) is 2.04. The fourth-order valence-corrected chi connectivity index (χ4v) is 3.09. The summed E-state index contributed by atoms with van der Waals surface area (Å²) in [6.45, 7) is -0.838. The lowest BCUT2D eigenvalue weighted by Crippen LogP contribution is -2.39. The minimum atomic E-state index is -2.77. The minimum absolute atomic E-state index is 0.389. The van der Waals surface area contributed by atoms with Crippen LogP contribution < -0.4 is 10.6 Å². The molecular weight excluding hydrogens is 262 g/mol. The van der Waals surface area contributed by atoms with Gasteiger partial charge >= 0.3 is 6.61 Å². The zero-order chi connectivity index (χ0) is 14.3. The molecule has 3 rings (SSSR count). The normalized spacial score (nSPS) is 21.6. The Bertz CT molecular complexity index is 680. The summed E-state index contributed by atoms with van der Waals surface area (Å²) in [7, 11) is 0. The van der Waals surface area contributed by atoms with Gasteiger partial charge in [0.2, 0.25) is 0 Å². The van der Waals surface area contributed by atoms with E-state index in [4.69, 9.17) is 0 Å². The van der Waals surface area contributed by atoms with E-state index in [0.717, 1.165) is 29.1 Å². The molecule has 20 heavy (non-hydrogen) atoms. The molecule has 0 radical (unpaired) electrons. The lowest BCUT2D eigenvalue weighted by molar-refractivity contribution is -0.144. The van der Waals surface area contributed by atoms with Gasteiger partial charge < -0.3 is 9.30 Å². The van der Waals surface area contributed by atoms with E-state index in [1.807, 2.05) is 13.0 Å². The van der Waals surface area contributed by atoms with Crippen molar-refractivity contribution in [2.24, 2.45) is 0 Å². The van der Waals surface area contributed by atoms with Crippen molar-refractivity contribution in [2.75, 3.05) is 0 Å². The van der Waals surface area contributed by atoms with E-state index in [2.05, 4.69) is 15.4 Å². The van der Waals surface area contributed by atoms with Crippen LogP contribution in [0.2, 0.25) is 0 Å². The summed E-state index contributed by atoms with van der Waals surface area (Å²) in [6.07, 6.45) is 6.72. The molecule has 2 aliphatic carbocycles. The third-order valence-corrected chi connectivity index (χ3v) is 4.26. The highest BCUT2D eigenvalue weighted by molar-refractivity contribution is 5.49. The van der Waals surface area contributed by atoms with E-state index in [0.29, 0.717) is 18.0 Å². The molecule has 0 aromatic carbocycles. The van der Waals surface area contributed by atoms with E-state index in [-0.39, 0.29) is 0 Å². The van der Waals surface area contributed by atoms with Gasteiger partial charge in [0.15, 0.2) is 0 Å². The van der Waals surface area contributed by atoms with Crippen molar-refractivity contribution in [3.05, 3.63) is 21.8 Å². The van der Waals surface area contributed by atoms with Crippen LogP contribution in [0.15, 0.2) is 0 Å². The van der Waals surface area contributed by atoms with Gasteiger partial charge in [-0.1, -0.05) is 6.08 Å². The van der Waals surface area contributed by atoms with E-state index in [1.54, 1.807) is 6.08 Å². The molecule has 1 atom stereocenters. The Morgan fingerprint density at radius 1 is 1.45 bits per heavy atom. The Labute approximate surface area is 115 Å². The molecule has 1 saturated carbocycles. The van der Waals surface area contributed by atoms with Crippen molar-refractivity contribution in [1.82, 2.24) is 4.57 Å². The number of hydrogen-bond acceptors (Lipinski definition) is 2. The maximum atomic E-state index is 12.4. The van der Waals surface area contributed by atoms with Crippen LogP contribution in [0.1, 0.15) is 43.0 Å². The van der Waals surface area contributed by atoms with Crippen molar-refractivity contribution in [3.8, 4) is 6.07 Å². The monoisotopic (exact) mass is 278 g/mol. The second-order valence-electron chi connectivity index (χ2n) is 5.37. The van der Waals surface area contributed by atoms with Gasteiger partial charge in [0, 0.05) is 22.3 Å².